The van der Waals surface area contributed by atoms with E-state index in [2.05, 4.69) is 47.4 Å². The molecular formula is C33H68O18. The van der Waals surface area contributed by atoms with Crippen LogP contribution in [-0.2, 0) is 80.9 Å². The monoisotopic (exact) mass is 752 g/mol. The van der Waals surface area contributed by atoms with Crippen molar-refractivity contribution in [3.63, 3.8) is 0 Å². The molecule has 0 aromatic heterocycles. The standard InChI is InChI=1S/C6H12O3.C5H10O3.2C5H10O2.C4H8O3.2C4H8O2.H2O/c1-3-9-6(7)4-5-8-2;1-7-4-3-5(6)8-2;1-5(6)3-4-7-2;1-3-5(6)4-7-2;1-6-3-4(5)7-2;2*1-4(5)3-6-2;/h3-5H2,1-2H3;3-4H2,1-2H3;2*3-4H2,1-2H3;3H2,1-2H3;2*3H2,1-2H3;1H2. The van der Waals surface area contributed by atoms with Crippen LogP contribution in [-0.4, -0.2) is 163 Å². The molecule has 0 saturated carbocycles. The molecule has 0 radical (unpaired) electrons. The molecule has 51 heavy (non-hydrogen) atoms. The van der Waals surface area contributed by atoms with Crippen LogP contribution in [0.3, 0.4) is 0 Å². The second kappa shape index (κ2) is 61.9. The van der Waals surface area contributed by atoms with Gasteiger partial charge in [-0.2, -0.15) is 0 Å². The highest BCUT2D eigenvalue weighted by atomic mass is 16.6. The van der Waals surface area contributed by atoms with Gasteiger partial charge in [-0.1, -0.05) is 6.92 Å². The van der Waals surface area contributed by atoms with Crippen LogP contribution in [0.25, 0.3) is 0 Å². The molecule has 18 nitrogen and oxygen atoms in total. The Hall–Kier alpha value is -3.23. The number of hydrogen-bond acceptors (Lipinski definition) is 17. The van der Waals surface area contributed by atoms with Gasteiger partial charge in [0, 0.05) is 62.6 Å². The van der Waals surface area contributed by atoms with E-state index in [0.717, 1.165) is 0 Å². The molecular weight excluding hydrogens is 684 g/mol. The number of hydrogen-bond donors (Lipinski definition) is 0. The zero-order chi connectivity index (χ0) is 40.6. The number of Topliss-reactive ketones (excluding diaryl/α,β-unsaturated/α-hetero) is 4. The average Bonchev–Trinajstić information content (AvgIpc) is 3.07. The molecule has 0 aromatic carbocycles. The van der Waals surface area contributed by atoms with E-state index in [0.29, 0.717) is 52.1 Å². The van der Waals surface area contributed by atoms with Crippen molar-refractivity contribution in [2.75, 3.05) is 117 Å². The maximum Gasteiger partial charge on any atom is 0.331 e. The van der Waals surface area contributed by atoms with Crippen LogP contribution in [0.15, 0.2) is 0 Å². The number of carbonyl (C=O) groups excluding carboxylic acids is 7. The van der Waals surface area contributed by atoms with E-state index in [-0.39, 0.29) is 72.9 Å². The Balaban J connectivity index is -0.0000000706. The number of rotatable bonds is 19. The van der Waals surface area contributed by atoms with E-state index in [4.69, 9.17) is 0 Å². The van der Waals surface area contributed by atoms with Gasteiger partial charge in [-0.15, -0.1) is 0 Å². The molecule has 0 aliphatic heterocycles. The third-order valence-electron chi connectivity index (χ3n) is 4.10. The topological polar surface area (TPSA) is 243 Å². The van der Waals surface area contributed by atoms with Gasteiger partial charge in [-0.3, -0.25) is 28.8 Å². The highest BCUT2D eigenvalue weighted by Crippen LogP contribution is 1.85. The van der Waals surface area contributed by atoms with Gasteiger partial charge in [-0.25, -0.2) is 4.79 Å². The first kappa shape index (κ1) is 66.1. The Morgan fingerprint density at radius 2 is 0.765 bits per heavy atom. The number of ketones is 4. The molecule has 0 bridgehead atoms. The first-order chi connectivity index (χ1) is 23.5. The fraction of sp³-hybridized carbons (Fsp3) is 0.788. The summed E-state index contributed by atoms with van der Waals surface area (Å²) in [6, 6.07) is 0. The molecule has 0 fully saturated rings. The van der Waals surface area contributed by atoms with Crippen molar-refractivity contribution in [3.8, 4) is 0 Å². The summed E-state index contributed by atoms with van der Waals surface area (Å²) in [5, 5.41) is 0. The molecule has 2 N–H and O–H groups in total. The molecule has 0 spiro atoms. The normalized spacial score (nSPS) is 8.51. The largest absolute Gasteiger partial charge is 0.469 e. The Labute approximate surface area is 304 Å². The van der Waals surface area contributed by atoms with Crippen molar-refractivity contribution >= 4 is 41.0 Å². The summed E-state index contributed by atoms with van der Waals surface area (Å²) < 4.78 is 45.0. The van der Waals surface area contributed by atoms with E-state index in [9.17, 15) is 33.6 Å². The third-order valence-corrected chi connectivity index (χ3v) is 4.10. The Bertz CT molecular complexity index is 754. The van der Waals surface area contributed by atoms with Gasteiger partial charge < -0.3 is 52.8 Å². The maximum atomic E-state index is 10.5. The minimum Gasteiger partial charge on any atom is -0.469 e. The van der Waals surface area contributed by atoms with Crippen LogP contribution in [0.4, 0.5) is 0 Å². The predicted molar refractivity (Wildman–Crippen MR) is 189 cm³/mol. The average molecular weight is 753 g/mol. The molecule has 0 unspecified atom stereocenters. The third kappa shape index (κ3) is 106. The van der Waals surface area contributed by atoms with Gasteiger partial charge in [-0.05, 0) is 27.7 Å². The molecule has 0 atom stereocenters. The molecule has 0 rings (SSSR count). The summed E-state index contributed by atoms with van der Waals surface area (Å²) in [6.45, 7) is 10.8. The number of carbonyl (C=O) groups is 7. The molecule has 0 aliphatic carbocycles. The highest BCUT2D eigenvalue weighted by molar-refractivity contribution is 5.79. The summed E-state index contributed by atoms with van der Waals surface area (Å²) in [5.41, 5.74) is 0. The molecule has 18 heteroatoms. The van der Waals surface area contributed by atoms with Gasteiger partial charge in [0.25, 0.3) is 0 Å². The lowest BCUT2D eigenvalue weighted by Crippen LogP contribution is -2.07. The van der Waals surface area contributed by atoms with Crippen molar-refractivity contribution in [2.45, 2.75) is 60.3 Å². The predicted octanol–water partition coefficient (Wildman–Crippen LogP) is 1.43. The Morgan fingerprint density at radius 1 is 0.412 bits per heavy atom. The maximum absolute atomic E-state index is 10.5. The molecule has 0 aliphatic rings. The van der Waals surface area contributed by atoms with Crippen LogP contribution >= 0.6 is 0 Å². The fourth-order valence-corrected chi connectivity index (χ4v) is 1.80. The minimum absolute atomic E-state index is 0. The Morgan fingerprint density at radius 3 is 0.941 bits per heavy atom. The lowest BCUT2D eigenvalue weighted by Gasteiger charge is -1.98. The molecule has 0 heterocycles. The van der Waals surface area contributed by atoms with Gasteiger partial charge in [0.15, 0.2) is 17.3 Å². The zero-order valence-corrected chi connectivity index (χ0v) is 33.4. The quantitative estimate of drug-likeness (QED) is 0.134. The molecule has 0 saturated heterocycles. The lowest BCUT2D eigenvalue weighted by molar-refractivity contribution is -0.145. The SMILES string of the molecule is CCC(=O)COC.CCOC(=O)CCOC.COCC(=O)OC.COCC(C)=O.COCC(C)=O.COCCC(=O)OC.COCCC(C)=O.O. The number of methoxy groups -OCH3 is 9. The number of ether oxygens (including phenoxy) is 10. The van der Waals surface area contributed by atoms with Crippen LogP contribution in [0.1, 0.15) is 60.3 Å². The number of esters is 3. The van der Waals surface area contributed by atoms with Gasteiger partial charge in [0.2, 0.25) is 0 Å². The van der Waals surface area contributed by atoms with Crippen LogP contribution in [0, 0.1) is 0 Å². The van der Waals surface area contributed by atoms with Crippen LogP contribution in [0.2, 0.25) is 0 Å². The molecule has 308 valence electrons. The van der Waals surface area contributed by atoms with E-state index in [1.807, 2.05) is 6.92 Å². The fourth-order valence-electron chi connectivity index (χ4n) is 1.80. The summed E-state index contributed by atoms with van der Waals surface area (Å²) in [5.74, 6) is -0.298. The summed E-state index contributed by atoms with van der Waals surface area (Å²) in [7, 11) is 13.3. The van der Waals surface area contributed by atoms with Gasteiger partial charge in [0.1, 0.15) is 32.2 Å². The van der Waals surface area contributed by atoms with E-state index < -0.39 is 0 Å². The van der Waals surface area contributed by atoms with Crippen molar-refractivity contribution in [1.29, 1.82) is 0 Å². The van der Waals surface area contributed by atoms with Crippen molar-refractivity contribution < 1.29 is 86.4 Å². The van der Waals surface area contributed by atoms with Crippen molar-refractivity contribution in [3.05, 3.63) is 0 Å². The first-order valence-corrected chi connectivity index (χ1v) is 15.3. The first-order valence-electron chi connectivity index (χ1n) is 15.3. The highest BCUT2D eigenvalue weighted by Gasteiger charge is 1.98. The summed E-state index contributed by atoms with van der Waals surface area (Å²) in [4.78, 5) is 71.1. The van der Waals surface area contributed by atoms with Crippen molar-refractivity contribution in [1.82, 2.24) is 0 Å². The second-order valence-corrected chi connectivity index (χ2v) is 8.92. The van der Waals surface area contributed by atoms with E-state index in [1.165, 1.54) is 56.5 Å². The van der Waals surface area contributed by atoms with Crippen molar-refractivity contribution in [2.24, 2.45) is 0 Å². The second-order valence-electron chi connectivity index (χ2n) is 8.92. The summed E-state index contributed by atoms with van der Waals surface area (Å²) in [6.07, 6.45) is 1.81. The molecule has 0 aromatic rings. The van der Waals surface area contributed by atoms with Gasteiger partial charge >= 0.3 is 17.9 Å². The zero-order valence-electron chi connectivity index (χ0n) is 33.4. The van der Waals surface area contributed by atoms with E-state index in [1.54, 1.807) is 35.2 Å². The smallest absolute Gasteiger partial charge is 0.331 e. The van der Waals surface area contributed by atoms with E-state index >= 15 is 0 Å². The minimum atomic E-state index is -0.345. The van der Waals surface area contributed by atoms with Crippen LogP contribution < -0.4 is 0 Å². The molecule has 0 amide bonds. The summed E-state index contributed by atoms with van der Waals surface area (Å²) >= 11 is 0. The van der Waals surface area contributed by atoms with Crippen LogP contribution in [0.5, 0.6) is 0 Å². The lowest BCUT2D eigenvalue weighted by atomic mass is 10.3. The Kier molecular flexibility index (Phi) is 80.2. The van der Waals surface area contributed by atoms with Gasteiger partial charge in [0.05, 0.1) is 53.5 Å².